The van der Waals surface area contributed by atoms with Crippen LogP contribution in [0.3, 0.4) is 0 Å². The third-order valence-electron chi connectivity index (χ3n) is 4.23. The average molecular weight is 345 g/mol. The summed E-state index contributed by atoms with van der Waals surface area (Å²) in [4.78, 5) is 16.9. The first-order valence-electron chi connectivity index (χ1n) is 8.09. The van der Waals surface area contributed by atoms with Crippen LogP contribution in [-0.2, 0) is 11.3 Å². The SMILES string of the molecule is O=C(OCc1nc2ccccc2c2ccccc12)c1ccc(O)cc1O. The van der Waals surface area contributed by atoms with Crippen LogP contribution in [0.2, 0.25) is 0 Å². The van der Waals surface area contributed by atoms with E-state index < -0.39 is 5.97 Å². The standard InChI is InChI=1S/C21H15NO4/c23-13-9-10-17(20(24)11-13)21(25)26-12-19-16-7-2-1-5-14(16)15-6-3-4-8-18(15)22-19/h1-11,23-24H,12H2. The number of esters is 1. The molecule has 1 aromatic heterocycles. The number of benzene rings is 3. The molecule has 0 amide bonds. The van der Waals surface area contributed by atoms with Gasteiger partial charge >= 0.3 is 5.97 Å². The number of ether oxygens (including phenoxy) is 1. The minimum atomic E-state index is -0.679. The van der Waals surface area contributed by atoms with E-state index in [-0.39, 0.29) is 23.7 Å². The molecule has 1 heterocycles. The maximum atomic E-state index is 12.3. The molecular weight excluding hydrogens is 330 g/mol. The molecule has 0 radical (unpaired) electrons. The second-order valence-electron chi connectivity index (χ2n) is 5.90. The lowest BCUT2D eigenvalue weighted by molar-refractivity contribution is 0.0466. The number of rotatable bonds is 3. The van der Waals surface area contributed by atoms with E-state index in [9.17, 15) is 15.0 Å². The summed E-state index contributed by atoms with van der Waals surface area (Å²) in [6.07, 6.45) is 0. The van der Waals surface area contributed by atoms with Crippen molar-refractivity contribution in [3.63, 3.8) is 0 Å². The Morgan fingerprint density at radius 3 is 2.35 bits per heavy atom. The molecule has 4 rings (SSSR count). The van der Waals surface area contributed by atoms with Crippen molar-refractivity contribution in [2.75, 3.05) is 0 Å². The smallest absolute Gasteiger partial charge is 0.342 e. The van der Waals surface area contributed by atoms with Gasteiger partial charge in [0.25, 0.3) is 0 Å². The summed E-state index contributed by atoms with van der Waals surface area (Å²) < 4.78 is 5.35. The number of phenols is 2. The summed E-state index contributed by atoms with van der Waals surface area (Å²) in [5.41, 5.74) is 1.46. The summed E-state index contributed by atoms with van der Waals surface area (Å²) in [7, 11) is 0. The number of hydrogen-bond donors (Lipinski definition) is 2. The van der Waals surface area contributed by atoms with Gasteiger partial charge in [-0.3, -0.25) is 0 Å². The zero-order chi connectivity index (χ0) is 18.1. The molecule has 0 fully saturated rings. The van der Waals surface area contributed by atoms with Crippen LogP contribution in [0.1, 0.15) is 16.1 Å². The Bertz CT molecular complexity index is 1140. The quantitative estimate of drug-likeness (QED) is 0.431. The molecule has 0 bridgehead atoms. The van der Waals surface area contributed by atoms with Crippen LogP contribution in [0.5, 0.6) is 11.5 Å². The summed E-state index contributed by atoms with van der Waals surface area (Å²) in [5, 5.41) is 22.1. The first-order valence-corrected chi connectivity index (χ1v) is 8.09. The van der Waals surface area contributed by atoms with Gasteiger partial charge in [-0.15, -0.1) is 0 Å². The van der Waals surface area contributed by atoms with Crippen molar-refractivity contribution in [2.24, 2.45) is 0 Å². The molecule has 0 unspecified atom stereocenters. The molecular formula is C21H15NO4. The van der Waals surface area contributed by atoms with E-state index in [0.717, 1.165) is 27.7 Å². The number of carbonyl (C=O) groups is 1. The van der Waals surface area contributed by atoms with E-state index in [1.165, 1.54) is 12.1 Å². The van der Waals surface area contributed by atoms with Crippen molar-refractivity contribution in [3.8, 4) is 11.5 Å². The number of carbonyl (C=O) groups excluding carboxylic acids is 1. The summed E-state index contributed by atoms with van der Waals surface area (Å²) >= 11 is 0. The predicted octanol–water partition coefficient (Wildman–Crippen LogP) is 4.16. The predicted molar refractivity (Wildman–Crippen MR) is 98.1 cm³/mol. The summed E-state index contributed by atoms with van der Waals surface area (Å²) in [6, 6.07) is 19.4. The van der Waals surface area contributed by atoms with Gasteiger partial charge in [-0.2, -0.15) is 0 Å². The Labute approximate surface area is 149 Å². The van der Waals surface area contributed by atoms with Crippen LogP contribution in [0, 0.1) is 0 Å². The largest absolute Gasteiger partial charge is 0.508 e. The first kappa shape index (κ1) is 15.9. The number of para-hydroxylation sites is 1. The highest BCUT2D eigenvalue weighted by atomic mass is 16.5. The second kappa shape index (κ2) is 6.37. The van der Waals surface area contributed by atoms with Crippen molar-refractivity contribution in [2.45, 2.75) is 6.61 Å². The van der Waals surface area contributed by atoms with Gasteiger partial charge in [0.15, 0.2) is 0 Å². The van der Waals surface area contributed by atoms with Crippen molar-refractivity contribution in [1.29, 1.82) is 0 Å². The zero-order valence-electron chi connectivity index (χ0n) is 13.7. The summed E-state index contributed by atoms with van der Waals surface area (Å²) in [5.74, 6) is -1.13. The number of pyridine rings is 1. The third kappa shape index (κ3) is 2.80. The van der Waals surface area contributed by atoms with Gasteiger partial charge in [0.2, 0.25) is 0 Å². The molecule has 0 aliphatic rings. The number of aromatic hydroxyl groups is 2. The van der Waals surface area contributed by atoms with Crippen LogP contribution in [-0.4, -0.2) is 21.2 Å². The number of nitrogens with zero attached hydrogens (tertiary/aromatic N) is 1. The number of aromatic nitrogens is 1. The maximum Gasteiger partial charge on any atom is 0.342 e. The minimum absolute atomic E-state index is 0.00658. The molecule has 0 aliphatic carbocycles. The van der Waals surface area contributed by atoms with Crippen LogP contribution in [0.15, 0.2) is 66.7 Å². The minimum Gasteiger partial charge on any atom is -0.508 e. The Hall–Kier alpha value is -3.60. The fourth-order valence-electron chi connectivity index (χ4n) is 2.99. The van der Waals surface area contributed by atoms with Crippen LogP contribution in [0.4, 0.5) is 0 Å². The van der Waals surface area contributed by atoms with E-state index in [1.54, 1.807) is 0 Å². The molecule has 26 heavy (non-hydrogen) atoms. The van der Waals surface area contributed by atoms with Crippen LogP contribution >= 0.6 is 0 Å². The van der Waals surface area contributed by atoms with Crippen molar-refractivity contribution >= 4 is 27.6 Å². The molecule has 0 atom stereocenters. The fraction of sp³-hybridized carbons (Fsp3) is 0.0476. The van der Waals surface area contributed by atoms with Crippen LogP contribution < -0.4 is 0 Å². The maximum absolute atomic E-state index is 12.3. The van der Waals surface area contributed by atoms with E-state index in [0.29, 0.717) is 5.69 Å². The molecule has 128 valence electrons. The molecule has 0 spiro atoms. The lowest BCUT2D eigenvalue weighted by Gasteiger charge is -2.11. The lowest BCUT2D eigenvalue weighted by atomic mass is 10.0. The van der Waals surface area contributed by atoms with Gasteiger partial charge < -0.3 is 14.9 Å². The highest BCUT2D eigenvalue weighted by Crippen LogP contribution is 2.27. The van der Waals surface area contributed by atoms with Gasteiger partial charge in [0, 0.05) is 16.8 Å². The number of phenolic OH excluding ortho intramolecular Hbond substituents is 2. The van der Waals surface area contributed by atoms with E-state index in [4.69, 9.17) is 4.74 Å². The Morgan fingerprint density at radius 2 is 1.58 bits per heavy atom. The summed E-state index contributed by atoms with van der Waals surface area (Å²) in [6.45, 7) is -0.0233. The molecule has 4 aromatic rings. The highest BCUT2D eigenvalue weighted by Gasteiger charge is 2.15. The van der Waals surface area contributed by atoms with Crippen molar-refractivity contribution < 1.29 is 19.7 Å². The van der Waals surface area contributed by atoms with Crippen LogP contribution in [0.25, 0.3) is 21.7 Å². The third-order valence-corrected chi connectivity index (χ3v) is 4.23. The van der Waals surface area contributed by atoms with Gasteiger partial charge in [-0.1, -0.05) is 42.5 Å². The topological polar surface area (TPSA) is 79.7 Å². The first-order chi connectivity index (χ1) is 12.6. The van der Waals surface area contributed by atoms with Gasteiger partial charge in [-0.25, -0.2) is 9.78 Å². The average Bonchev–Trinajstić information content (AvgIpc) is 2.66. The van der Waals surface area contributed by atoms with E-state index in [2.05, 4.69) is 4.98 Å². The Morgan fingerprint density at radius 1 is 0.885 bits per heavy atom. The van der Waals surface area contributed by atoms with Crippen molar-refractivity contribution in [3.05, 3.63) is 78.0 Å². The Balaban J connectivity index is 1.69. The molecule has 0 saturated heterocycles. The van der Waals surface area contributed by atoms with Crippen molar-refractivity contribution in [1.82, 2.24) is 4.98 Å². The molecule has 0 aliphatic heterocycles. The highest BCUT2D eigenvalue weighted by molar-refractivity contribution is 6.06. The molecule has 0 saturated carbocycles. The van der Waals surface area contributed by atoms with Gasteiger partial charge in [0.05, 0.1) is 11.2 Å². The monoisotopic (exact) mass is 345 g/mol. The van der Waals surface area contributed by atoms with E-state index in [1.807, 2.05) is 48.5 Å². The number of fused-ring (bicyclic) bond motifs is 3. The van der Waals surface area contributed by atoms with Gasteiger partial charge in [0.1, 0.15) is 23.7 Å². The van der Waals surface area contributed by atoms with Gasteiger partial charge in [-0.05, 0) is 23.6 Å². The van der Waals surface area contributed by atoms with E-state index >= 15 is 0 Å². The zero-order valence-corrected chi connectivity index (χ0v) is 13.7. The lowest BCUT2D eigenvalue weighted by Crippen LogP contribution is -2.07. The number of hydrogen-bond acceptors (Lipinski definition) is 5. The Kier molecular flexibility index (Phi) is 3.89. The normalized spacial score (nSPS) is 10.9. The molecule has 2 N–H and O–H groups in total. The second-order valence-corrected chi connectivity index (χ2v) is 5.90. The molecule has 5 nitrogen and oxygen atoms in total. The fourth-order valence-corrected chi connectivity index (χ4v) is 2.99. The molecule has 3 aromatic carbocycles. The molecule has 5 heteroatoms.